The van der Waals surface area contributed by atoms with Gasteiger partial charge in [0.2, 0.25) is 0 Å². The van der Waals surface area contributed by atoms with Crippen LogP contribution in [0.25, 0.3) is 0 Å². The van der Waals surface area contributed by atoms with Gasteiger partial charge in [0.1, 0.15) is 12.8 Å². The first-order chi connectivity index (χ1) is 5.74. The minimum Gasteiger partial charge on any atom is -0.326 e. The van der Waals surface area contributed by atoms with E-state index in [9.17, 15) is 9.59 Å². The molecule has 1 aliphatic heterocycles. The number of amides is 3. The molecule has 0 saturated carbocycles. The van der Waals surface area contributed by atoms with Gasteiger partial charge in [-0.2, -0.15) is 0 Å². The minimum atomic E-state index is -0.420. The Bertz CT molecular complexity index is 203. The molecule has 0 radical (unpaired) electrons. The topological polar surface area (TPSA) is 75.3 Å². The zero-order chi connectivity index (χ0) is 9.56. The lowest BCUT2D eigenvalue weighted by atomic mass is 10.2. The Morgan fingerprint density at radius 2 is 2.00 bits per heavy atom. The summed E-state index contributed by atoms with van der Waals surface area (Å²) < 4.78 is 0. The van der Waals surface area contributed by atoms with E-state index in [-0.39, 0.29) is 5.91 Å². The Hall–Kier alpha value is -1.65. The molecule has 66 valence electrons. The van der Waals surface area contributed by atoms with Crippen LogP contribution >= 0.6 is 0 Å². The van der Waals surface area contributed by atoms with Gasteiger partial charge in [0.25, 0.3) is 5.91 Å². The van der Waals surface area contributed by atoms with Crippen LogP contribution in [0, 0.1) is 0 Å². The van der Waals surface area contributed by atoms with E-state index in [4.69, 9.17) is 4.79 Å². The van der Waals surface area contributed by atoms with E-state index >= 15 is 0 Å². The molecule has 12 heavy (non-hydrogen) atoms. The van der Waals surface area contributed by atoms with Crippen LogP contribution in [0.3, 0.4) is 0 Å². The summed E-state index contributed by atoms with van der Waals surface area (Å²) in [7, 11) is 0. The molecule has 0 aromatic heterocycles. The van der Waals surface area contributed by atoms with Gasteiger partial charge in [-0.3, -0.25) is 10.1 Å². The maximum absolute atomic E-state index is 10.7. The number of hydrogen-bond acceptors (Lipinski definition) is 3. The lowest BCUT2D eigenvalue weighted by Crippen LogP contribution is -2.27. The number of nitrogens with one attached hydrogen (secondary N) is 2. The average Bonchev–Trinajstić information content (AvgIpc) is 2.35. The van der Waals surface area contributed by atoms with Gasteiger partial charge >= 0.3 is 6.03 Å². The second-order valence-electron chi connectivity index (χ2n) is 2.04. The molecule has 0 spiro atoms. The highest BCUT2D eigenvalue weighted by Gasteiger charge is 2.27. The van der Waals surface area contributed by atoms with Crippen LogP contribution in [0.15, 0.2) is 12.7 Å². The molecular weight excluding hydrogens is 160 g/mol. The highest BCUT2D eigenvalue weighted by atomic mass is 16.2. The molecule has 0 aromatic rings. The first-order valence-electron chi connectivity index (χ1n) is 3.25. The monoisotopic (exact) mass is 170 g/mol. The van der Waals surface area contributed by atoms with Gasteiger partial charge in [-0.1, -0.05) is 6.08 Å². The summed E-state index contributed by atoms with van der Waals surface area (Å²) in [5, 5.41) is 4.55. The SMILES string of the molecule is C=CCC1NC(=O)NC1=O.C=O. The Kier molecular flexibility index (Phi) is 4.36. The van der Waals surface area contributed by atoms with Gasteiger partial charge in [-0.25, -0.2) is 4.79 Å². The van der Waals surface area contributed by atoms with Crippen LogP contribution in [0.4, 0.5) is 4.79 Å². The van der Waals surface area contributed by atoms with Crippen molar-refractivity contribution in [1.82, 2.24) is 10.6 Å². The van der Waals surface area contributed by atoms with Gasteiger partial charge in [-0.05, 0) is 6.42 Å². The van der Waals surface area contributed by atoms with E-state index in [1.165, 1.54) is 0 Å². The number of carbonyl (C=O) groups excluding carboxylic acids is 3. The van der Waals surface area contributed by atoms with Crippen LogP contribution in [-0.2, 0) is 9.59 Å². The third kappa shape index (κ3) is 2.53. The molecule has 1 saturated heterocycles. The Balaban J connectivity index is 0.000000561. The molecule has 0 aromatic carbocycles. The van der Waals surface area contributed by atoms with Crippen molar-refractivity contribution in [3.63, 3.8) is 0 Å². The van der Waals surface area contributed by atoms with E-state index in [1.807, 2.05) is 6.79 Å². The molecule has 1 atom stereocenters. The van der Waals surface area contributed by atoms with E-state index in [1.54, 1.807) is 6.08 Å². The van der Waals surface area contributed by atoms with Gasteiger partial charge in [0, 0.05) is 0 Å². The van der Waals surface area contributed by atoms with Gasteiger partial charge in [0.05, 0.1) is 0 Å². The Morgan fingerprint density at radius 3 is 2.33 bits per heavy atom. The molecule has 1 unspecified atom stereocenters. The predicted octanol–water partition coefficient (Wildman–Crippen LogP) is -0.414. The molecule has 0 bridgehead atoms. The molecule has 2 N–H and O–H groups in total. The van der Waals surface area contributed by atoms with Crippen LogP contribution < -0.4 is 10.6 Å². The fourth-order valence-electron chi connectivity index (χ4n) is 0.792. The Labute approximate surface area is 69.8 Å². The normalized spacial score (nSPS) is 20.2. The van der Waals surface area contributed by atoms with Crippen molar-refractivity contribution >= 4 is 18.7 Å². The summed E-state index contributed by atoms with van der Waals surface area (Å²) in [6.07, 6.45) is 2.08. The molecule has 5 heteroatoms. The lowest BCUT2D eigenvalue weighted by molar-refractivity contribution is -0.120. The zero-order valence-corrected chi connectivity index (χ0v) is 6.50. The van der Waals surface area contributed by atoms with E-state index in [0.717, 1.165) is 0 Å². The van der Waals surface area contributed by atoms with E-state index in [2.05, 4.69) is 17.2 Å². The second-order valence-corrected chi connectivity index (χ2v) is 2.04. The second kappa shape index (κ2) is 5.06. The molecule has 1 fully saturated rings. The minimum absolute atomic E-state index is 0.273. The largest absolute Gasteiger partial charge is 0.326 e. The highest BCUT2D eigenvalue weighted by Crippen LogP contribution is 1.97. The van der Waals surface area contributed by atoms with Gasteiger partial charge in [0.15, 0.2) is 0 Å². The van der Waals surface area contributed by atoms with E-state index < -0.39 is 12.1 Å². The van der Waals surface area contributed by atoms with Crippen LogP contribution in [0.1, 0.15) is 6.42 Å². The van der Waals surface area contributed by atoms with E-state index in [0.29, 0.717) is 6.42 Å². The third-order valence-corrected chi connectivity index (χ3v) is 1.26. The number of hydrogen-bond donors (Lipinski definition) is 2. The fraction of sp³-hybridized carbons (Fsp3) is 0.286. The standard InChI is InChI=1S/C6H8N2O2.CH2O/c1-2-3-4-5(9)8-6(10)7-4;1-2/h2,4H,1,3H2,(H2,7,8,9,10);1H2. The predicted molar refractivity (Wildman–Crippen MR) is 42.4 cm³/mol. The summed E-state index contributed by atoms with van der Waals surface area (Å²) in [5.74, 6) is -0.273. The maximum Gasteiger partial charge on any atom is 0.322 e. The van der Waals surface area contributed by atoms with Crippen molar-refractivity contribution < 1.29 is 14.4 Å². The van der Waals surface area contributed by atoms with Gasteiger partial charge in [-0.15, -0.1) is 6.58 Å². The van der Waals surface area contributed by atoms with Crippen molar-refractivity contribution in [3.05, 3.63) is 12.7 Å². The fourth-order valence-corrected chi connectivity index (χ4v) is 0.792. The lowest BCUT2D eigenvalue weighted by Gasteiger charge is -1.99. The number of urea groups is 1. The summed E-state index contributed by atoms with van der Waals surface area (Å²) >= 11 is 0. The molecule has 3 amide bonds. The maximum atomic E-state index is 10.7. The van der Waals surface area contributed by atoms with Gasteiger partial charge < -0.3 is 10.1 Å². The summed E-state index contributed by atoms with van der Waals surface area (Å²) in [4.78, 5) is 29.2. The van der Waals surface area contributed by atoms with Crippen LogP contribution in [-0.4, -0.2) is 24.8 Å². The zero-order valence-electron chi connectivity index (χ0n) is 6.50. The smallest absolute Gasteiger partial charge is 0.322 e. The molecule has 1 aliphatic rings. The van der Waals surface area contributed by atoms with Crippen LogP contribution in [0.5, 0.6) is 0 Å². The summed E-state index contributed by atoms with van der Waals surface area (Å²) in [5.41, 5.74) is 0. The summed E-state index contributed by atoms with van der Waals surface area (Å²) in [6, 6.07) is -0.832. The first kappa shape index (κ1) is 10.3. The average molecular weight is 170 g/mol. The quantitative estimate of drug-likeness (QED) is 0.436. The summed E-state index contributed by atoms with van der Waals surface area (Å²) in [6.45, 7) is 5.45. The molecular formula is C7H10N2O3. The van der Waals surface area contributed by atoms with Crippen molar-refractivity contribution in [3.8, 4) is 0 Å². The Morgan fingerprint density at radius 1 is 1.42 bits per heavy atom. The first-order valence-corrected chi connectivity index (χ1v) is 3.25. The van der Waals surface area contributed by atoms with Crippen molar-refractivity contribution in [2.75, 3.05) is 0 Å². The molecule has 1 heterocycles. The molecule has 0 aliphatic carbocycles. The molecule has 5 nitrogen and oxygen atoms in total. The highest BCUT2D eigenvalue weighted by molar-refractivity contribution is 6.04. The van der Waals surface area contributed by atoms with Crippen molar-refractivity contribution in [2.24, 2.45) is 0 Å². The molecule has 1 rings (SSSR count). The number of carbonyl (C=O) groups is 3. The van der Waals surface area contributed by atoms with Crippen LogP contribution in [0.2, 0.25) is 0 Å². The van der Waals surface area contributed by atoms with Crippen molar-refractivity contribution in [2.45, 2.75) is 12.5 Å². The number of rotatable bonds is 2. The number of imide groups is 1. The third-order valence-electron chi connectivity index (χ3n) is 1.26. The van der Waals surface area contributed by atoms with Crippen molar-refractivity contribution in [1.29, 1.82) is 0 Å².